The molecule has 0 aliphatic carbocycles. The van der Waals surface area contributed by atoms with Crippen LogP contribution >= 0.6 is 0 Å². The second-order valence-electron chi connectivity index (χ2n) is 6.63. The van der Waals surface area contributed by atoms with Gasteiger partial charge in [-0.05, 0) is 50.5 Å². The van der Waals surface area contributed by atoms with Gasteiger partial charge in [-0.15, -0.1) is 0 Å². The maximum atomic E-state index is 5.72. The summed E-state index contributed by atoms with van der Waals surface area (Å²) in [6.07, 6.45) is 4.37. The maximum absolute atomic E-state index is 5.72. The lowest BCUT2D eigenvalue weighted by Gasteiger charge is -2.13. The third kappa shape index (κ3) is 9.28. The van der Waals surface area contributed by atoms with Crippen molar-refractivity contribution in [2.75, 3.05) is 53.2 Å². The average molecular weight is 394 g/mol. The van der Waals surface area contributed by atoms with Crippen LogP contribution in [0.1, 0.15) is 32.6 Å². The van der Waals surface area contributed by atoms with E-state index in [2.05, 4.69) is 22.5 Å². The fraction of sp³-hybridized carbons (Fsp3) is 0.667. The summed E-state index contributed by atoms with van der Waals surface area (Å²) in [6, 6.07) is 7.61. The lowest BCUT2D eigenvalue weighted by atomic mass is 10.2. The van der Waals surface area contributed by atoms with Gasteiger partial charge >= 0.3 is 0 Å². The van der Waals surface area contributed by atoms with E-state index in [0.717, 1.165) is 69.4 Å². The van der Waals surface area contributed by atoms with Crippen LogP contribution in [0.3, 0.4) is 0 Å². The smallest absolute Gasteiger partial charge is 0.191 e. The van der Waals surface area contributed by atoms with E-state index in [1.807, 2.05) is 24.3 Å². The third-order valence-electron chi connectivity index (χ3n) is 4.33. The molecule has 2 N–H and O–H groups in total. The van der Waals surface area contributed by atoms with E-state index in [0.29, 0.717) is 25.9 Å². The van der Waals surface area contributed by atoms with Gasteiger partial charge in [-0.2, -0.15) is 0 Å². The Kier molecular flexibility index (Phi) is 11.2. The van der Waals surface area contributed by atoms with Crippen LogP contribution in [-0.4, -0.2) is 65.2 Å². The van der Waals surface area contributed by atoms with Crippen LogP contribution in [0.25, 0.3) is 0 Å². The summed E-state index contributed by atoms with van der Waals surface area (Å²) in [4.78, 5) is 4.59. The number of methoxy groups -OCH3 is 1. The number of benzene rings is 1. The van der Waals surface area contributed by atoms with Crippen LogP contribution in [0.4, 0.5) is 0 Å². The van der Waals surface area contributed by atoms with Crippen molar-refractivity contribution in [3.63, 3.8) is 0 Å². The Balaban J connectivity index is 1.53. The molecular weight excluding hydrogens is 358 g/mol. The summed E-state index contributed by atoms with van der Waals surface area (Å²) in [5.74, 6) is 2.51. The minimum absolute atomic E-state index is 0.298. The molecule has 1 aliphatic rings. The normalized spacial score (nSPS) is 16.8. The fourth-order valence-electron chi connectivity index (χ4n) is 2.83. The number of hydrogen-bond acceptors (Lipinski definition) is 5. The number of nitrogens with zero attached hydrogens (tertiary/aromatic N) is 1. The molecule has 7 heteroatoms. The van der Waals surface area contributed by atoms with Crippen molar-refractivity contribution in [1.29, 1.82) is 0 Å². The largest absolute Gasteiger partial charge is 0.497 e. The number of rotatable bonds is 13. The zero-order valence-corrected chi connectivity index (χ0v) is 17.2. The lowest BCUT2D eigenvalue weighted by Crippen LogP contribution is -2.38. The number of aliphatic imine (C=N–C) groups is 1. The molecule has 0 radical (unpaired) electrons. The molecule has 0 saturated carbocycles. The van der Waals surface area contributed by atoms with Crippen molar-refractivity contribution in [3.05, 3.63) is 24.3 Å². The minimum Gasteiger partial charge on any atom is -0.497 e. The van der Waals surface area contributed by atoms with E-state index in [9.17, 15) is 0 Å². The first-order valence-electron chi connectivity index (χ1n) is 10.3. The van der Waals surface area contributed by atoms with E-state index >= 15 is 0 Å². The first-order valence-corrected chi connectivity index (χ1v) is 10.3. The maximum Gasteiger partial charge on any atom is 0.191 e. The van der Waals surface area contributed by atoms with E-state index in [1.165, 1.54) is 0 Å². The first-order chi connectivity index (χ1) is 13.8. The van der Waals surface area contributed by atoms with Crippen molar-refractivity contribution in [1.82, 2.24) is 10.6 Å². The zero-order valence-electron chi connectivity index (χ0n) is 17.2. The van der Waals surface area contributed by atoms with Gasteiger partial charge in [-0.1, -0.05) is 0 Å². The molecule has 1 fully saturated rings. The van der Waals surface area contributed by atoms with Crippen LogP contribution in [-0.2, 0) is 9.47 Å². The van der Waals surface area contributed by atoms with E-state index in [-0.39, 0.29) is 0 Å². The van der Waals surface area contributed by atoms with Crippen LogP contribution in [0.2, 0.25) is 0 Å². The molecule has 2 rings (SSSR count). The van der Waals surface area contributed by atoms with Gasteiger partial charge < -0.3 is 29.6 Å². The van der Waals surface area contributed by atoms with Crippen LogP contribution in [0.5, 0.6) is 11.5 Å². The van der Waals surface area contributed by atoms with Gasteiger partial charge in [-0.25, -0.2) is 0 Å². The summed E-state index contributed by atoms with van der Waals surface area (Å²) < 4.78 is 22.1. The Hall–Kier alpha value is -1.99. The SMILES string of the molecule is CCNC(=NCCCOc1ccc(OC)cc1)NCCCOCC1CCCO1. The van der Waals surface area contributed by atoms with Crippen LogP contribution in [0, 0.1) is 0 Å². The second kappa shape index (κ2) is 14.1. The highest BCUT2D eigenvalue weighted by molar-refractivity contribution is 5.79. The predicted molar refractivity (Wildman–Crippen MR) is 111 cm³/mol. The Labute approximate surface area is 168 Å². The van der Waals surface area contributed by atoms with Gasteiger partial charge in [0, 0.05) is 39.3 Å². The molecule has 1 aromatic carbocycles. The molecule has 7 nitrogen and oxygen atoms in total. The molecule has 1 atom stereocenters. The van der Waals surface area contributed by atoms with Crippen molar-refractivity contribution in [2.45, 2.75) is 38.7 Å². The van der Waals surface area contributed by atoms with Crippen LogP contribution in [0.15, 0.2) is 29.3 Å². The summed E-state index contributed by atoms with van der Waals surface area (Å²) in [7, 11) is 1.66. The summed E-state index contributed by atoms with van der Waals surface area (Å²) in [5.41, 5.74) is 0. The predicted octanol–water partition coefficient (Wildman–Crippen LogP) is 2.60. The standard InChI is InChI=1S/C21H35N3O4/c1-3-22-21(23-12-5-14-26-17-20-7-4-15-28-20)24-13-6-16-27-19-10-8-18(25-2)9-11-19/h8-11,20H,3-7,12-17H2,1-2H3,(H2,22,23,24). The van der Waals surface area contributed by atoms with Crippen molar-refractivity contribution in [3.8, 4) is 11.5 Å². The highest BCUT2D eigenvalue weighted by Gasteiger charge is 2.14. The number of ether oxygens (including phenoxy) is 4. The molecule has 1 aromatic rings. The van der Waals surface area contributed by atoms with Gasteiger partial charge in [0.1, 0.15) is 11.5 Å². The molecule has 0 bridgehead atoms. The summed E-state index contributed by atoms with van der Waals surface area (Å²) in [5, 5.41) is 6.61. The lowest BCUT2D eigenvalue weighted by molar-refractivity contribution is 0.0168. The van der Waals surface area contributed by atoms with Crippen molar-refractivity contribution < 1.29 is 18.9 Å². The topological polar surface area (TPSA) is 73.3 Å². The monoisotopic (exact) mass is 393 g/mol. The summed E-state index contributed by atoms with van der Waals surface area (Å²) >= 11 is 0. The van der Waals surface area contributed by atoms with Gasteiger partial charge in [0.05, 0.1) is 26.4 Å². The molecule has 1 saturated heterocycles. The second-order valence-corrected chi connectivity index (χ2v) is 6.63. The highest BCUT2D eigenvalue weighted by Crippen LogP contribution is 2.17. The molecule has 0 spiro atoms. The van der Waals surface area contributed by atoms with Crippen molar-refractivity contribution >= 4 is 5.96 Å². The van der Waals surface area contributed by atoms with Gasteiger partial charge in [0.15, 0.2) is 5.96 Å². The number of hydrogen-bond donors (Lipinski definition) is 2. The van der Waals surface area contributed by atoms with Crippen molar-refractivity contribution in [2.24, 2.45) is 4.99 Å². The molecule has 1 aliphatic heterocycles. The average Bonchev–Trinajstić information content (AvgIpc) is 3.24. The third-order valence-corrected chi connectivity index (χ3v) is 4.33. The highest BCUT2D eigenvalue weighted by atomic mass is 16.5. The Morgan fingerprint density at radius 1 is 1.14 bits per heavy atom. The fourth-order valence-corrected chi connectivity index (χ4v) is 2.83. The summed E-state index contributed by atoms with van der Waals surface area (Å²) in [6.45, 7) is 7.40. The van der Waals surface area contributed by atoms with Gasteiger partial charge in [0.2, 0.25) is 0 Å². The van der Waals surface area contributed by atoms with Crippen LogP contribution < -0.4 is 20.1 Å². The van der Waals surface area contributed by atoms with Gasteiger partial charge in [0.25, 0.3) is 0 Å². The quantitative estimate of drug-likeness (QED) is 0.305. The van der Waals surface area contributed by atoms with E-state index in [1.54, 1.807) is 7.11 Å². The Morgan fingerprint density at radius 2 is 1.96 bits per heavy atom. The molecule has 0 aromatic heterocycles. The molecular formula is C21H35N3O4. The minimum atomic E-state index is 0.298. The first kappa shape index (κ1) is 22.3. The van der Waals surface area contributed by atoms with Gasteiger partial charge in [-0.3, -0.25) is 4.99 Å². The molecule has 0 amide bonds. The number of nitrogens with one attached hydrogen (secondary N) is 2. The Morgan fingerprint density at radius 3 is 2.68 bits per heavy atom. The zero-order chi connectivity index (χ0) is 19.9. The molecule has 28 heavy (non-hydrogen) atoms. The number of guanidine groups is 1. The van der Waals surface area contributed by atoms with E-state index in [4.69, 9.17) is 18.9 Å². The molecule has 1 heterocycles. The van der Waals surface area contributed by atoms with E-state index < -0.39 is 0 Å². The molecule has 1 unspecified atom stereocenters. The molecule has 158 valence electrons. The Bertz CT molecular complexity index is 545.